The first-order valence-corrected chi connectivity index (χ1v) is 7.11. The zero-order valence-electron chi connectivity index (χ0n) is 13.1. The maximum atomic E-state index is 12.1. The van der Waals surface area contributed by atoms with Crippen molar-refractivity contribution in [2.75, 3.05) is 6.61 Å². The van der Waals surface area contributed by atoms with E-state index in [0.29, 0.717) is 6.61 Å². The highest BCUT2D eigenvalue weighted by molar-refractivity contribution is 5.78. The Hall–Kier alpha value is -2.04. The van der Waals surface area contributed by atoms with Crippen LogP contribution >= 0.6 is 0 Å². The van der Waals surface area contributed by atoms with Crippen LogP contribution in [0.2, 0.25) is 0 Å². The van der Waals surface area contributed by atoms with Gasteiger partial charge >= 0.3 is 6.09 Å². The van der Waals surface area contributed by atoms with E-state index in [2.05, 4.69) is 10.6 Å². The van der Waals surface area contributed by atoms with Crippen molar-refractivity contribution in [3.05, 3.63) is 35.9 Å². The van der Waals surface area contributed by atoms with Gasteiger partial charge in [0, 0.05) is 5.54 Å². The van der Waals surface area contributed by atoms with E-state index in [9.17, 15) is 9.59 Å². The molecule has 116 valence electrons. The van der Waals surface area contributed by atoms with Crippen LogP contribution in [0.1, 0.15) is 45.7 Å². The summed E-state index contributed by atoms with van der Waals surface area (Å²) >= 11 is 0. The molecule has 0 unspecified atom stereocenters. The van der Waals surface area contributed by atoms with Gasteiger partial charge in [-0.1, -0.05) is 30.3 Å². The summed E-state index contributed by atoms with van der Waals surface area (Å²) in [7, 11) is 0. The monoisotopic (exact) mass is 292 g/mol. The summed E-state index contributed by atoms with van der Waals surface area (Å²) in [6, 6.07) is 8.98. The first-order chi connectivity index (χ1) is 9.81. The third kappa shape index (κ3) is 6.79. The molecule has 2 N–H and O–H groups in total. The maximum absolute atomic E-state index is 12.1. The van der Waals surface area contributed by atoms with Gasteiger partial charge in [0.05, 0.1) is 19.1 Å². The number of hydrogen-bond donors (Lipinski definition) is 2. The number of hydrogen-bond acceptors (Lipinski definition) is 3. The summed E-state index contributed by atoms with van der Waals surface area (Å²) in [4.78, 5) is 23.7. The molecule has 1 rings (SSSR count). The molecule has 0 heterocycles. The van der Waals surface area contributed by atoms with Crippen molar-refractivity contribution in [1.82, 2.24) is 10.6 Å². The zero-order valence-corrected chi connectivity index (χ0v) is 13.1. The van der Waals surface area contributed by atoms with E-state index in [0.717, 1.165) is 5.56 Å². The fourth-order valence-corrected chi connectivity index (χ4v) is 1.91. The summed E-state index contributed by atoms with van der Waals surface area (Å²) < 4.78 is 4.89. The molecule has 5 nitrogen and oxygen atoms in total. The topological polar surface area (TPSA) is 67.4 Å². The van der Waals surface area contributed by atoms with E-state index in [1.54, 1.807) is 6.92 Å². The predicted octanol–water partition coefficient (Wildman–Crippen LogP) is 2.78. The highest BCUT2D eigenvalue weighted by atomic mass is 16.5. The van der Waals surface area contributed by atoms with Crippen LogP contribution < -0.4 is 10.6 Å². The lowest BCUT2D eigenvalue weighted by molar-refractivity contribution is -0.123. The number of ether oxygens (including phenoxy) is 1. The lowest BCUT2D eigenvalue weighted by atomic mass is 10.0. The molecule has 5 heteroatoms. The number of rotatable bonds is 5. The second-order valence-corrected chi connectivity index (χ2v) is 5.83. The molecule has 0 fully saturated rings. The average molecular weight is 292 g/mol. The van der Waals surface area contributed by atoms with Gasteiger partial charge in [-0.05, 0) is 33.3 Å². The van der Waals surface area contributed by atoms with E-state index in [1.165, 1.54) is 0 Å². The highest BCUT2D eigenvalue weighted by Gasteiger charge is 2.21. The average Bonchev–Trinajstić information content (AvgIpc) is 2.37. The van der Waals surface area contributed by atoms with E-state index >= 15 is 0 Å². The summed E-state index contributed by atoms with van der Waals surface area (Å²) in [5, 5.41) is 5.62. The largest absolute Gasteiger partial charge is 0.450 e. The Morgan fingerprint density at radius 3 is 2.33 bits per heavy atom. The molecule has 21 heavy (non-hydrogen) atoms. The Morgan fingerprint density at radius 1 is 1.19 bits per heavy atom. The van der Waals surface area contributed by atoms with Crippen LogP contribution in [0.25, 0.3) is 0 Å². The van der Waals surface area contributed by atoms with E-state index in [1.807, 2.05) is 51.1 Å². The molecule has 0 aliphatic carbocycles. The fourth-order valence-electron chi connectivity index (χ4n) is 1.91. The Balaban J connectivity index is 2.78. The molecular formula is C16H24N2O3. The first-order valence-electron chi connectivity index (χ1n) is 7.11. The Morgan fingerprint density at radius 2 is 1.81 bits per heavy atom. The first kappa shape index (κ1) is 17.0. The van der Waals surface area contributed by atoms with Gasteiger partial charge in [-0.3, -0.25) is 4.79 Å². The van der Waals surface area contributed by atoms with Crippen LogP contribution in [0.4, 0.5) is 4.79 Å². The molecule has 1 aromatic rings. The van der Waals surface area contributed by atoms with Crippen LogP contribution in [0, 0.1) is 0 Å². The quantitative estimate of drug-likeness (QED) is 0.877. The van der Waals surface area contributed by atoms with Crippen molar-refractivity contribution in [2.45, 2.75) is 45.7 Å². The zero-order chi connectivity index (χ0) is 15.9. The van der Waals surface area contributed by atoms with Crippen molar-refractivity contribution in [3.63, 3.8) is 0 Å². The minimum atomic E-state index is -0.519. The van der Waals surface area contributed by atoms with Gasteiger partial charge < -0.3 is 15.4 Å². The van der Waals surface area contributed by atoms with Crippen LogP contribution in [0.5, 0.6) is 0 Å². The third-order valence-electron chi connectivity index (χ3n) is 2.67. The molecule has 0 spiro atoms. The lowest BCUT2D eigenvalue weighted by Crippen LogP contribution is -2.42. The van der Waals surface area contributed by atoms with Gasteiger partial charge in [0.15, 0.2) is 0 Å². The van der Waals surface area contributed by atoms with Crippen molar-refractivity contribution >= 4 is 12.0 Å². The summed E-state index contributed by atoms with van der Waals surface area (Å²) in [5.74, 6) is -0.117. The van der Waals surface area contributed by atoms with Crippen molar-refractivity contribution in [1.29, 1.82) is 0 Å². The molecule has 2 amide bonds. The SMILES string of the molecule is CCOC(=O)N[C@H](CC(=O)NC(C)(C)C)c1ccccc1. The maximum Gasteiger partial charge on any atom is 0.407 e. The molecule has 1 atom stereocenters. The molecule has 1 aromatic carbocycles. The van der Waals surface area contributed by atoms with Crippen LogP contribution in [-0.2, 0) is 9.53 Å². The number of nitrogens with one attached hydrogen (secondary N) is 2. The summed E-state index contributed by atoms with van der Waals surface area (Å²) in [6.45, 7) is 7.79. The highest BCUT2D eigenvalue weighted by Crippen LogP contribution is 2.17. The van der Waals surface area contributed by atoms with Gasteiger partial charge in [0.25, 0.3) is 0 Å². The normalized spacial score (nSPS) is 12.4. The van der Waals surface area contributed by atoms with Crippen LogP contribution in [0.15, 0.2) is 30.3 Å². The van der Waals surface area contributed by atoms with Gasteiger partial charge in [-0.15, -0.1) is 0 Å². The number of carbonyl (C=O) groups excluding carboxylic acids is 2. The fraction of sp³-hybridized carbons (Fsp3) is 0.500. The molecule has 0 saturated heterocycles. The van der Waals surface area contributed by atoms with Gasteiger partial charge in [0.1, 0.15) is 0 Å². The number of alkyl carbamates (subject to hydrolysis) is 1. The second kappa shape index (κ2) is 7.67. The minimum absolute atomic E-state index is 0.117. The molecule has 0 aromatic heterocycles. The van der Waals surface area contributed by atoms with Gasteiger partial charge in [0.2, 0.25) is 5.91 Å². The van der Waals surface area contributed by atoms with E-state index in [-0.39, 0.29) is 17.9 Å². The Labute approximate surface area is 126 Å². The van der Waals surface area contributed by atoms with Crippen LogP contribution in [-0.4, -0.2) is 24.1 Å². The molecule has 0 saturated carbocycles. The van der Waals surface area contributed by atoms with Gasteiger partial charge in [-0.2, -0.15) is 0 Å². The molecule has 0 aliphatic rings. The number of carbonyl (C=O) groups is 2. The van der Waals surface area contributed by atoms with Gasteiger partial charge in [-0.25, -0.2) is 4.79 Å². The molecule has 0 bridgehead atoms. The second-order valence-electron chi connectivity index (χ2n) is 5.83. The van der Waals surface area contributed by atoms with E-state index in [4.69, 9.17) is 4.74 Å². The van der Waals surface area contributed by atoms with E-state index < -0.39 is 12.1 Å². The van der Waals surface area contributed by atoms with Crippen molar-refractivity contribution in [3.8, 4) is 0 Å². The number of amides is 2. The smallest absolute Gasteiger partial charge is 0.407 e. The summed E-state index contributed by atoms with van der Waals surface area (Å²) in [6.07, 6.45) is -0.352. The predicted molar refractivity (Wildman–Crippen MR) is 81.9 cm³/mol. The summed E-state index contributed by atoms with van der Waals surface area (Å²) in [5.41, 5.74) is 0.567. The van der Waals surface area contributed by atoms with Crippen molar-refractivity contribution in [2.24, 2.45) is 0 Å². The third-order valence-corrected chi connectivity index (χ3v) is 2.67. The lowest BCUT2D eigenvalue weighted by Gasteiger charge is -2.23. The minimum Gasteiger partial charge on any atom is -0.450 e. The number of benzene rings is 1. The molecule has 0 radical (unpaired) electrons. The molecule has 0 aliphatic heterocycles. The molecular weight excluding hydrogens is 268 g/mol. The standard InChI is InChI=1S/C16H24N2O3/c1-5-21-15(20)17-13(12-9-7-6-8-10-12)11-14(19)18-16(2,3)4/h6-10,13H,5,11H2,1-4H3,(H,17,20)(H,18,19)/t13-/m1/s1. The van der Waals surface area contributed by atoms with Crippen LogP contribution in [0.3, 0.4) is 0 Å². The van der Waals surface area contributed by atoms with Crippen molar-refractivity contribution < 1.29 is 14.3 Å². The Bertz CT molecular complexity index is 466. The Kier molecular flexibility index (Phi) is 6.21.